The van der Waals surface area contributed by atoms with Gasteiger partial charge in [-0.25, -0.2) is 8.42 Å². The summed E-state index contributed by atoms with van der Waals surface area (Å²) >= 11 is 6.45. The zero-order valence-electron chi connectivity index (χ0n) is 9.43. The summed E-state index contributed by atoms with van der Waals surface area (Å²) in [5.41, 5.74) is 0. The zero-order chi connectivity index (χ0) is 12.5. The smallest absolute Gasteiger partial charge is 0.206 e. The molecule has 0 N–H and O–H groups in total. The van der Waals surface area contributed by atoms with E-state index in [1.165, 1.54) is 11.3 Å². The molecule has 0 radical (unpaired) electrons. The van der Waals surface area contributed by atoms with Crippen molar-refractivity contribution in [3.63, 3.8) is 0 Å². The molecular weight excluding hydrogens is 342 g/mol. The first-order valence-corrected chi connectivity index (χ1v) is 9.56. The van der Waals surface area contributed by atoms with E-state index in [1.807, 2.05) is 11.8 Å². The molecule has 1 saturated heterocycles. The third kappa shape index (κ3) is 2.89. The fraction of sp³-hybridized carbons (Fsp3) is 0.600. The summed E-state index contributed by atoms with van der Waals surface area (Å²) in [5.74, 6) is 0.890. The zero-order valence-corrected chi connectivity index (χ0v) is 13.5. The Morgan fingerprint density at radius 1 is 1.59 bits per heavy atom. The number of thiophene rings is 1. The Morgan fingerprint density at radius 3 is 2.94 bits per heavy atom. The molecule has 96 valence electrons. The monoisotopic (exact) mass is 355 g/mol. The van der Waals surface area contributed by atoms with Crippen LogP contribution in [0.5, 0.6) is 0 Å². The van der Waals surface area contributed by atoms with Crippen molar-refractivity contribution in [3.8, 4) is 0 Å². The van der Waals surface area contributed by atoms with Crippen LogP contribution in [-0.2, 0) is 10.0 Å². The van der Waals surface area contributed by atoms with E-state index in [0.717, 1.165) is 12.2 Å². The molecule has 7 heteroatoms. The molecule has 1 aromatic heterocycles. The second-order valence-corrected chi connectivity index (χ2v) is 9.13. The molecule has 0 bridgehead atoms. The van der Waals surface area contributed by atoms with Gasteiger partial charge in [0.25, 0.3) is 10.0 Å². The minimum absolute atomic E-state index is 0.428. The van der Waals surface area contributed by atoms with Gasteiger partial charge in [-0.05, 0) is 33.8 Å². The summed E-state index contributed by atoms with van der Waals surface area (Å²) in [6.07, 6.45) is 1.02. The van der Waals surface area contributed by atoms with E-state index in [-0.39, 0.29) is 0 Å². The number of nitrogens with zero attached hydrogens (tertiary/aromatic N) is 1. The SMILES string of the molecule is CCC1CN(S(=O)(=O)c2sccc2Br)CCS1. The van der Waals surface area contributed by atoms with Gasteiger partial charge in [-0.3, -0.25) is 0 Å². The summed E-state index contributed by atoms with van der Waals surface area (Å²) in [6.45, 7) is 3.36. The average Bonchev–Trinajstić information content (AvgIpc) is 2.76. The quantitative estimate of drug-likeness (QED) is 0.836. The lowest BCUT2D eigenvalue weighted by atomic mass is 10.3. The molecule has 1 atom stereocenters. The Morgan fingerprint density at radius 2 is 2.35 bits per heavy atom. The van der Waals surface area contributed by atoms with Crippen LogP contribution >= 0.6 is 39.0 Å². The molecule has 0 spiro atoms. The van der Waals surface area contributed by atoms with Crippen molar-refractivity contribution in [2.45, 2.75) is 22.8 Å². The highest BCUT2D eigenvalue weighted by Crippen LogP contribution is 2.32. The van der Waals surface area contributed by atoms with Crippen molar-refractivity contribution in [1.29, 1.82) is 0 Å². The van der Waals surface area contributed by atoms with Gasteiger partial charge in [-0.2, -0.15) is 16.1 Å². The molecule has 1 aliphatic rings. The highest BCUT2D eigenvalue weighted by molar-refractivity contribution is 9.10. The summed E-state index contributed by atoms with van der Waals surface area (Å²) in [5, 5.41) is 2.23. The summed E-state index contributed by atoms with van der Waals surface area (Å²) in [4.78, 5) is 0. The Labute approximate surface area is 119 Å². The van der Waals surface area contributed by atoms with Crippen LogP contribution in [-0.4, -0.2) is 36.8 Å². The molecule has 1 aliphatic heterocycles. The Balaban J connectivity index is 2.24. The maximum atomic E-state index is 12.4. The number of hydrogen-bond acceptors (Lipinski definition) is 4. The molecule has 1 aromatic rings. The van der Waals surface area contributed by atoms with Crippen LogP contribution in [0.3, 0.4) is 0 Å². The molecule has 1 fully saturated rings. The van der Waals surface area contributed by atoms with Gasteiger partial charge in [0.15, 0.2) is 0 Å². The van der Waals surface area contributed by atoms with Gasteiger partial charge < -0.3 is 0 Å². The van der Waals surface area contributed by atoms with E-state index in [1.54, 1.807) is 15.8 Å². The normalized spacial score (nSPS) is 22.8. The van der Waals surface area contributed by atoms with E-state index >= 15 is 0 Å². The minimum Gasteiger partial charge on any atom is -0.206 e. The van der Waals surface area contributed by atoms with E-state index in [9.17, 15) is 8.42 Å². The maximum absolute atomic E-state index is 12.4. The van der Waals surface area contributed by atoms with Crippen molar-refractivity contribution < 1.29 is 8.42 Å². The summed E-state index contributed by atoms with van der Waals surface area (Å²) < 4.78 is 27.6. The molecule has 3 nitrogen and oxygen atoms in total. The van der Waals surface area contributed by atoms with Crippen molar-refractivity contribution in [2.75, 3.05) is 18.8 Å². The summed E-state index contributed by atoms with van der Waals surface area (Å²) in [7, 11) is -3.30. The first-order chi connectivity index (χ1) is 8.05. The van der Waals surface area contributed by atoms with Gasteiger partial charge in [0.1, 0.15) is 4.21 Å². The van der Waals surface area contributed by atoms with Crippen molar-refractivity contribution in [1.82, 2.24) is 4.31 Å². The van der Waals surface area contributed by atoms with Crippen LogP contribution in [0.15, 0.2) is 20.1 Å². The van der Waals surface area contributed by atoms with Crippen LogP contribution in [0.4, 0.5) is 0 Å². The first kappa shape index (κ1) is 13.9. The fourth-order valence-electron chi connectivity index (χ4n) is 1.74. The van der Waals surface area contributed by atoms with Crippen LogP contribution in [0, 0.1) is 0 Å². The fourth-order valence-corrected chi connectivity index (χ4v) is 7.06. The van der Waals surface area contributed by atoms with Gasteiger partial charge in [0.05, 0.1) is 0 Å². The number of sulfonamides is 1. The number of thioether (sulfide) groups is 1. The molecule has 0 aliphatic carbocycles. The third-order valence-corrected chi connectivity index (χ3v) is 8.60. The highest BCUT2D eigenvalue weighted by atomic mass is 79.9. The topological polar surface area (TPSA) is 37.4 Å². The largest absolute Gasteiger partial charge is 0.253 e. The highest BCUT2D eigenvalue weighted by Gasteiger charge is 2.31. The number of rotatable bonds is 3. The Hall–Kier alpha value is 0.440. The van der Waals surface area contributed by atoms with Crippen molar-refractivity contribution in [3.05, 3.63) is 15.9 Å². The van der Waals surface area contributed by atoms with Gasteiger partial charge in [0.2, 0.25) is 0 Å². The van der Waals surface area contributed by atoms with Gasteiger partial charge >= 0.3 is 0 Å². The van der Waals surface area contributed by atoms with Crippen molar-refractivity contribution in [2.24, 2.45) is 0 Å². The minimum atomic E-state index is -3.30. The van der Waals surface area contributed by atoms with Crippen LogP contribution < -0.4 is 0 Å². The van der Waals surface area contributed by atoms with Crippen LogP contribution in [0.25, 0.3) is 0 Å². The first-order valence-electron chi connectivity index (χ1n) is 5.40. The molecule has 0 aromatic carbocycles. The lowest BCUT2D eigenvalue weighted by Crippen LogP contribution is -2.41. The van der Waals surface area contributed by atoms with Crippen LogP contribution in [0.1, 0.15) is 13.3 Å². The third-order valence-electron chi connectivity index (χ3n) is 2.72. The standard InChI is InChI=1S/C10H14BrNO2S3/c1-2-8-7-12(4-6-15-8)17(13,14)10-9(11)3-5-16-10/h3,5,8H,2,4,6-7H2,1H3. The predicted molar refractivity (Wildman–Crippen MR) is 77.3 cm³/mol. The second-order valence-electron chi connectivity index (χ2n) is 3.82. The second kappa shape index (κ2) is 5.61. The van der Waals surface area contributed by atoms with Crippen LogP contribution in [0.2, 0.25) is 0 Å². The predicted octanol–water partition coefficient (Wildman–Crippen LogP) is 3.03. The number of halogens is 1. The Bertz CT molecular complexity index is 485. The lowest BCUT2D eigenvalue weighted by molar-refractivity contribution is 0.417. The summed E-state index contributed by atoms with van der Waals surface area (Å²) in [6, 6.07) is 1.79. The van der Waals surface area contributed by atoms with E-state index < -0.39 is 10.0 Å². The molecule has 17 heavy (non-hydrogen) atoms. The molecule has 2 rings (SSSR count). The molecular formula is C10H14BrNO2S3. The van der Waals surface area contributed by atoms with Gasteiger partial charge in [-0.15, -0.1) is 11.3 Å². The molecule has 0 amide bonds. The van der Waals surface area contributed by atoms with Crippen molar-refractivity contribution >= 4 is 49.1 Å². The van der Waals surface area contributed by atoms with E-state index in [0.29, 0.717) is 27.0 Å². The average molecular weight is 356 g/mol. The molecule has 0 saturated carbocycles. The van der Waals surface area contributed by atoms with Gasteiger partial charge in [-0.1, -0.05) is 6.92 Å². The van der Waals surface area contributed by atoms with E-state index in [2.05, 4.69) is 22.9 Å². The maximum Gasteiger partial charge on any atom is 0.253 e. The van der Waals surface area contributed by atoms with Gasteiger partial charge in [0, 0.05) is 28.6 Å². The molecule has 2 heterocycles. The Kier molecular flexibility index (Phi) is 4.57. The lowest BCUT2D eigenvalue weighted by Gasteiger charge is -2.30. The van der Waals surface area contributed by atoms with E-state index in [4.69, 9.17) is 0 Å². The molecule has 1 unspecified atom stereocenters. The number of hydrogen-bond donors (Lipinski definition) is 0.